The molecular formula is C4H5BrF2O. The van der Waals surface area contributed by atoms with Gasteiger partial charge in [-0.15, -0.1) is 0 Å². The normalized spacial score (nSPS) is 11.4. The van der Waals surface area contributed by atoms with Crippen molar-refractivity contribution in [2.24, 2.45) is 0 Å². The van der Waals surface area contributed by atoms with Crippen molar-refractivity contribution in [2.75, 3.05) is 5.33 Å². The van der Waals surface area contributed by atoms with Crippen LogP contribution in [-0.2, 0) is 4.79 Å². The molecule has 0 aromatic heterocycles. The Hall–Kier alpha value is 0.01000. The molecule has 0 fully saturated rings. The van der Waals surface area contributed by atoms with Gasteiger partial charge in [-0.1, -0.05) is 15.9 Å². The van der Waals surface area contributed by atoms with Crippen molar-refractivity contribution in [1.29, 1.82) is 0 Å². The summed E-state index contributed by atoms with van der Waals surface area (Å²) in [6.45, 7) is 0. The van der Waals surface area contributed by atoms with Crippen molar-refractivity contribution >= 4 is 22.2 Å². The van der Waals surface area contributed by atoms with Gasteiger partial charge in [-0.05, 0) is 0 Å². The third-order valence-corrected chi connectivity index (χ3v) is 0.997. The van der Waals surface area contributed by atoms with Crippen LogP contribution in [0.25, 0.3) is 0 Å². The molecule has 4 heteroatoms. The van der Waals surface area contributed by atoms with E-state index in [4.69, 9.17) is 0 Å². The van der Waals surface area contributed by atoms with E-state index in [1.807, 2.05) is 0 Å². The number of hydrogen-bond acceptors (Lipinski definition) is 1. The van der Waals surface area contributed by atoms with Gasteiger partial charge < -0.3 is 0 Å². The molecule has 0 spiro atoms. The summed E-state index contributed by atoms with van der Waals surface area (Å²) in [6.07, 6.45) is -0.759. The van der Waals surface area contributed by atoms with Crippen LogP contribution in [0.4, 0.5) is 8.78 Å². The standard InChI is InChI=1S/C4H5BrF2O/c5-2-1-4(6,7)3-8/h3H,1-2H2. The number of alkyl halides is 3. The highest BCUT2D eigenvalue weighted by atomic mass is 79.9. The zero-order chi connectivity index (χ0) is 6.62. The minimum Gasteiger partial charge on any atom is -0.297 e. The van der Waals surface area contributed by atoms with E-state index in [9.17, 15) is 13.6 Å². The van der Waals surface area contributed by atoms with Crippen LogP contribution in [0.3, 0.4) is 0 Å². The van der Waals surface area contributed by atoms with Crippen molar-refractivity contribution in [3.8, 4) is 0 Å². The molecule has 0 aliphatic heterocycles. The molecule has 0 rings (SSSR count). The summed E-state index contributed by atoms with van der Waals surface area (Å²) >= 11 is 2.79. The first-order valence-corrected chi connectivity index (χ1v) is 3.14. The lowest BCUT2D eigenvalue weighted by molar-refractivity contribution is -0.129. The number of rotatable bonds is 3. The summed E-state index contributed by atoms with van der Waals surface area (Å²) in [4.78, 5) is 9.45. The zero-order valence-corrected chi connectivity index (χ0v) is 5.62. The molecule has 0 aromatic carbocycles. The van der Waals surface area contributed by atoms with E-state index in [1.165, 1.54) is 0 Å². The van der Waals surface area contributed by atoms with Gasteiger partial charge in [0.25, 0.3) is 0 Å². The highest BCUT2D eigenvalue weighted by molar-refractivity contribution is 9.09. The summed E-state index contributed by atoms with van der Waals surface area (Å²) in [6, 6.07) is 0. The van der Waals surface area contributed by atoms with E-state index in [-0.39, 0.29) is 11.6 Å². The first-order valence-electron chi connectivity index (χ1n) is 2.02. The molecule has 0 atom stereocenters. The van der Waals surface area contributed by atoms with Gasteiger partial charge in [0.2, 0.25) is 0 Å². The van der Waals surface area contributed by atoms with Crippen molar-refractivity contribution in [3.05, 3.63) is 0 Å². The Morgan fingerprint density at radius 3 is 2.25 bits per heavy atom. The summed E-state index contributed by atoms with van der Waals surface area (Å²) < 4.78 is 23.5. The lowest BCUT2D eigenvalue weighted by Gasteiger charge is -2.03. The third kappa shape index (κ3) is 3.07. The highest BCUT2D eigenvalue weighted by Crippen LogP contribution is 2.15. The van der Waals surface area contributed by atoms with Crippen LogP contribution in [-0.4, -0.2) is 17.5 Å². The van der Waals surface area contributed by atoms with Gasteiger partial charge in [-0.2, -0.15) is 8.78 Å². The summed E-state index contributed by atoms with van der Waals surface area (Å²) in [5.41, 5.74) is 0. The molecule has 0 unspecified atom stereocenters. The monoisotopic (exact) mass is 186 g/mol. The zero-order valence-electron chi connectivity index (χ0n) is 4.03. The topological polar surface area (TPSA) is 17.1 Å². The van der Waals surface area contributed by atoms with E-state index in [2.05, 4.69) is 15.9 Å². The van der Waals surface area contributed by atoms with Gasteiger partial charge in [0.15, 0.2) is 6.29 Å². The van der Waals surface area contributed by atoms with Crippen molar-refractivity contribution in [2.45, 2.75) is 12.3 Å². The Labute approximate surface area is 54.2 Å². The second-order valence-electron chi connectivity index (χ2n) is 1.32. The van der Waals surface area contributed by atoms with Gasteiger partial charge in [0.1, 0.15) is 0 Å². The summed E-state index contributed by atoms with van der Waals surface area (Å²) in [5.74, 6) is -3.14. The number of aldehydes is 1. The Bertz CT molecular complexity index is 84.1. The maximum atomic E-state index is 11.8. The molecule has 1 nitrogen and oxygen atoms in total. The van der Waals surface area contributed by atoms with Crippen LogP contribution >= 0.6 is 15.9 Å². The van der Waals surface area contributed by atoms with E-state index < -0.39 is 12.3 Å². The van der Waals surface area contributed by atoms with E-state index in [0.717, 1.165) is 0 Å². The van der Waals surface area contributed by atoms with Gasteiger partial charge in [0, 0.05) is 11.8 Å². The minimum absolute atomic E-state index is 0.152. The Balaban J connectivity index is 3.53. The molecule has 0 saturated carbocycles. The first-order chi connectivity index (χ1) is 3.62. The predicted molar refractivity (Wildman–Crippen MR) is 29.4 cm³/mol. The van der Waals surface area contributed by atoms with E-state index >= 15 is 0 Å². The quantitative estimate of drug-likeness (QED) is 0.484. The number of carbonyl (C=O) groups is 1. The SMILES string of the molecule is O=CC(F)(F)CCBr. The fraction of sp³-hybridized carbons (Fsp3) is 0.750. The van der Waals surface area contributed by atoms with Crippen LogP contribution < -0.4 is 0 Å². The van der Waals surface area contributed by atoms with Crippen LogP contribution in [0, 0.1) is 0 Å². The minimum atomic E-state index is -3.14. The molecule has 0 radical (unpaired) electrons. The fourth-order valence-electron chi connectivity index (χ4n) is 0.185. The van der Waals surface area contributed by atoms with Crippen LogP contribution in [0.5, 0.6) is 0 Å². The Morgan fingerprint density at radius 1 is 1.62 bits per heavy atom. The second-order valence-corrected chi connectivity index (χ2v) is 2.11. The average molecular weight is 187 g/mol. The van der Waals surface area contributed by atoms with Gasteiger partial charge >= 0.3 is 5.92 Å². The van der Waals surface area contributed by atoms with Crippen molar-refractivity contribution in [3.63, 3.8) is 0 Å². The maximum Gasteiger partial charge on any atom is 0.303 e. The smallest absolute Gasteiger partial charge is 0.297 e. The van der Waals surface area contributed by atoms with Gasteiger partial charge in [0.05, 0.1) is 0 Å². The number of carbonyl (C=O) groups excluding carboxylic acids is 1. The average Bonchev–Trinajstić information content (AvgIpc) is 1.67. The van der Waals surface area contributed by atoms with Crippen molar-refractivity contribution < 1.29 is 13.6 Å². The van der Waals surface area contributed by atoms with Crippen LogP contribution in [0.15, 0.2) is 0 Å². The molecule has 0 aliphatic carbocycles. The maximum absolute atomic E-state index is 11.8. The first kappa shape index (κ1) is 8.01. The van der Waals surface area contributed by atoms with Crippen LogP contribution in [0.1, 0.15) is 6.42 Å². The predicted octanol–water partition coefficient (Wildman–Crippen LogP) is 1.61. The number of hydrogen-bond donors (Lipinski definition) is 0. The molecule has 0 N–H and O–H groups in total. The van der Waals surface area contributed by atoms with E-state index in [1.54, 1.807) is 0 Å². The molecule has 0 heterocycles. The third-order valence-electron chi connectivity index (χ3n) is 0.600. The lowest BCUT2D eigenvalue weighted by atomic mass is 10.3. The largest absolute Gasteiger partial charge is 0.303 e. The second kappa shape index (κ2) is 3.12. The fourth-order valence-corrected chi connectivity index (χ4v) is 0.714. The van der Waals surface area contributed by atoms with Crippen LogP contribution in [0.2, 0.25) is 0 Å². The highest BCUT2D eigenvalue weighted by Gasteiger charge is 2.25. The molecule has 48 valence electrons. The molecule has 0 bridgehead atoms. The van der Waals surface area contributed by atoms with E-state index in [0.29, 0.717) is 0 Å². The molecule has 0 aromatic rings. The van der Waals surface area contributed by atoms with Crippen molar-refractivity contribution in [1.82, 2.24) is 0 Å². The molecular weight excluding hydrogens is 182 g/mol. The molecule has 0 saturated heterocycles. The number of halogens is 3. The summed E-state index contributed by atoms with van der Waals surface area (Å²) in [7, 11) is 0. The Morgan fingerprint density at radius 2 is 2.12 bits per heavy atom. The van der Waals surface area contributed by atoms with Gasteiger partial charge in [-0.25, -0.2) is 0 Å². The summed E-state index contributed by atoms with van der Waals surface area (Å²) in [5, 5.41) is 0.152. The molecule has 0 aliphatic rings. The van der Waals surface area contributed by atoms with Gasteiger partial charge in [-0.3, -0.25) is 4.79 Å². The molecule has 8 heavy (non-hydrogen) atoms. The Kier molecular flexibility index (Phi) is 3.12. The molecule has 0 amide bonds. The lowest BCUT2D eigenvalue weighted by Crippen LogP contribution is -2.17.